The number of carbonyl (C=O) groups is 1. The summed E-state index contributed by atoms with van der Waals surface area (Å²) in [6.07, 6.45) is 5.03. The highest BCUT2D eigenvalue weighted by Crippen LogP contribution is 2.42. The average Bonchev–Trinajstić information content (AvgIpc) is 2.84. The van der Waals surface area contributed by atoms with Gasteiger partial charge in [-0.3, -0.25) is 4.79 Å². The van der Waals surface area contributed by atoms with Gasteiger partial charge in [0.2, 0.25) is 0 Å². The van der Waals surface area contributed by atoms with Gasteiger partial charge in [0.15, 0.2) is 0 Å². The maximum Gasteiger partial charge on any atom is 0.304 e. The van der Waals surface area contributed by atoms with Crippen molar-refractivity contribution in [2.75, 3.05) is 0 Å². The SMILES string of the molecule is O=C(O)CC(c1ccc(Cl)s1)C1CCCC1. The van der Waals surface area contributed by atoms with Gasteiger partial charge in [-0.15, -0.1) is 11.3 Å². The van der Waals surface area contributed by atoms with Crippen LogP contribution in [0.25, 0.3) is 0 Å². The van der Waals surface area contributed by atoms with Gasteiger partial charge in [-0.2, -0.15) is 0 Å². The van der Waals surface area contributed by atoms with Crippen molar-refractivity contribution < 1.29 is 9.90 Å². The Morgan fingerprint density at radius 1 is 1.50 bits per heavy atom. The second kappa shape index (κ2) is 5.19. The summed E-state index contributed by atoms with van der Waals surface area (Å²) in [7, 11) is 0. The molecule has 4 heteroatoms. The number of carboxylic acid groups (broad SMARTS) is 1. The summed E-state index contributed by atoms with van der Waals surface area (Å²) in [6.45, 7) is 0. The number of rotatable bonds is 4. The van der Waals surface area contributed by atoms with E-state index in [1.165, 1.54) is 24.2 Å². The van der Waals surface area contributed by atoms with Crippen molar-refractivity contribution in [2.24, 2.45) is 5.92 Å². The van der Waals surface area contributed by atoms with Gasteiger partial charge < -0.3 is 5.11 Å². The van der Waals surface area contributed by atoms with E-state index in [4.69, 9.17) is 16.7 Å². The minimum Gasteiger partial charge on any atom is -0.481 e. The van der Waals surface area contributed by atoms with Crippen LogP contribution in [0, 0.1) is 5.92 Å². The van der Waals surface area contributed by atoms with Crippen molar-refractivity contribution in [1.29, 1.82) is 0 Å². The average molecular weight is 259 g/mol. The summed E-state index contributed by atoms with van der Waals surface area (Å²) in [5.41, 5.74) is 0. The van der Waals surface area contributed by atoms with Crippen molar-refractivity contribution >= 4 is 28.9 Å². The molecular formula is C12H15ClO2S. The molecule has 0 amide bonds. The predicted molar refractivity (Wildman–Crippen MR) is 66.3 cm³/mol. The third-order valence-electron chi connectivity index (χ3n) is 3.32. The minimum absolute atomic E-state index is 0.164. The molecule has 1 aromatic rings. The molecule has 1 saturated carbocycles. The van der Waals surface area contributed by atoms with Crippen LogP contribution in [-0.4, -0.2) is 11.1 Å². The standard InChI is InChI=1S/C12H15ClO2S/c13-11-6-5-10(16-11)9(7-12(14)15)8-3-1-2-4-8/h5-6,8-9H,1-4,7H2,(H,14,15). The zero-order valence-corrected chi connectivity index (χ0v) is 10.6. The molecule has 1 fully saturated rings. The molecule has 1 N–H and O–H groups in total. The number of aliphatic carboxylic acids is 1. The van der Waals surface area contributed by atoms with E-state index >= 15 is 0 Å². The van der Waals surface area contributed by atoms with Crippen LogP contribution in [0.5, 0.6) is 0 Å². The van der Waals surface area contributed by atoms with E-state index in [2.05, 4.69) is 0 Å². The molecule has 1 aliphatic carbocycles. The lowest BCUT2D eigenvalue weighted by atomic mass is 9.87. The van der Waals surface area contributed by atoms with Crippen molar-refractivity contribution in [3.8, 4) is 0 Å². The molecule has 2 nitrogen and oxygen atoms in total. The number of thiophene rings is 1. The Kier molecular flexibility index (Phi) is 3.87. The summed E-state index contributed by atoms with van der Waals surface area (Å²) in [4.78, 5) is 12.1. The molecule has 16 heavy (non-hydrogen) atoms. The van der Waals surface area contributed by atoms with Gasteiger partial charge in [0.25, 0.3) is 0 Å². The summed E-state index contributed by atoms with van der Waals surface area (Å²) in [5, 5.41) is 8.98. The van der Waals surface area contributed by atoms with Crippen LogP contribution >= 0.6 is 22.9 Å². The fraction of sp³-hybridized carbons (Fsp3) is 0.583. The minimum atomic E-state index is -0.707. The van der Waals surface area contributed by atoms with Crippen LogP contribution in [0.1, 0.15) is 42.9 Å². The van der Waals surface area contributed by atoms with Crippen molar-refractivity contribution in [3.05, 3.63) is 21.3 Å². The maximum atomic E-state index is 10.9. The Balaban J connectivity index is 2.16. The largest absolute Gasteiger partial charge is 0.481 e. The first-order chi connectivity index (χ1) is 7.66. The smallest absolute Gasteiger partial charge is 0.304 e. The first kappa shape index (κ1) is 11.9. The Morgan fingerprint density at radius 3 is 2.69 bits per heavy atom. The first-order valence-electron chi connectivity index (χ1n) is 5.64. The first-order valence-corrected chi connectivity index (χ1v) is 6.83. The van der Waals surface area contributed by atoms with Crippen LogP contribution in [0.4, 0.5) is 0 Å². The normalized spacial score (nSPS) is 18.8. The van der Waals surface area contributed by atoms with E-state index in [0.717, 1.165) is 22.1 Å². The third-order valence-corrected chi connectivity index (χ3v) is 4.69. The Labute approximate surface area is 104 Å². The highest BCUT2D eigenvalue weighted by molar-refractivity contribution is 7.16. The van der Waals surface area contributed by atoms with E-state index in [0.29, 0.717) is 5.92 Å². The third kappa shape index (κ3) is 2.77. The monoisotopic (exact) mass is 258 g/mol. The van der Waals surface area contributed by atoms with Gasteiger partial charge >= 0.3 is 5.97 Å². The van der Waals surface area contributed by atoms with Gasteiger partial charge in [0.1, 0.15) is 0 Å². The molecule has 1 aromatic heterocycles. The van der Waals surface area contributed by atoms with Crippen LogP contribution in [-0.2, 0) is 4.79 Å². The van der Waals surface area contributed by atoms with E-state index in [9.17, 15) is 4.79 Å². The molecule has 0 radical (unpaired) electrons. The van der Waals surface area contributed by atoms with Crippen LogP contribution in [0.3, 0.4) is 0 Å². The van der Waals surface area contributed by atoms with Crippen LogP contribution in [0.2, 0.25) is 4.34 Å². The zero-order valence-electron chi connectivity index (χ0n) is 8.99. The van der Waals surface area contributed by atoms with Gasteiger partial charge in [-0.1, -0.05) is 24.4 Å². The van der Waals surface area contributed by atoms with Crippen molar-refractivity contribution in [3.63, 3.8) is 0 Å². The van der Waals surface area contributed by atoms with Gasteiger partial charge in [0.05, 0.1) is 10.8 Å². The number of hydrogen-bond donors (Lipinski definition) is 1. The second-order valence-corrected chi connectivity index (χ2v) is 6.14. The molecule has 88 valence electrons. The zero-order chi connectivity index (χ0) is 11.5. The van der Waals surface area contributed by atoms with Gasteiger partial charge in [0, 0.05) is 10.8 Å². The van der Waals surface area contributed by atoms with Gasteiger partial charge in [-0.25, -0.2) is 0 Å². The van der Waals surface area contributed by atoms with Crippen molar-refractivity contribution in [2.45, 2.75) is 38.0 Å². The fourth-order valence-electron chi connectivity index (χ4n) is 2.58. The summed E-state index contributed by atoms with van der Waals surface area (Å²) in [5.74, 6) is -0.00950. The Morgan fingerprint density at radius 2 is 2.19 bits per heavy atom. The lowest BCUT2D eigenvalue weighted by Crippen LogP contribution is -2.13. The van der Waals surface area contributed by atoms with E-state index in [-0.39, 0.29) is 12.3 Å². The molecule has 0 aliphatic heterocycles. The lowest BCUT2D eigenvalue weighted by Gasteiger charge is -2.20. The summed E-state index contributed by atoms with van der Waals surface area (Å²) >= 11 is 7.45. The maximum absolute atomic E-state index is 10.9. The molecule has 1 unspecified atom stereocenters. The highest BCUT2D eigenvalue weighted by Gasteiger charge is 2.29. The second-order valence-electron chi connectivity index (χ2n) is 4.39. The number of halogens is 1. The van der Waals surface area contributed by atoms with E-state index in [1.807, 2.05) is 12.1 Å². The molecule has 0 spiro atoms. The highest BCUT2D eigenvalue weighted by atomic mass is 35.5. The number of carboxylic acids is 1. The molecule has 2 rings (SSSR count). The number of hydrogen-bond acceptors (Lipinski definition) is 2. The van der Waals surface area contributed by atoms with E-state index in [1.54, 1.807) is 0 Å². The van der Waals surface area contributed by atoms with Crippen molar-refractivity contribution in [1.82, 2.24) is 0 Å². The molecule has 0 bridgehead atoms. The summed E-state index contributed by atoms with van der Waals surface area (Å²) in [6, 6.07) is 3.85. The Hall–Kier alpha value is -0.540. The molecule has 0 aromatic carbocycles. The molecular weight excluding hydrogens is 244 g/mol. The predicted octanol–water partition coefficient (Wildman–Crippen LogP) is 4.15. The molecule has 1 aliphatic rings. The van der Waals surface area contributed by atoms with Crippen LogP contribution < -0.4 is 0 Å². The van der Waals surface area contributed by atoms with Gasteiger partial charge in [-0.05, 0) is 30.9 Å². The Bertz CT molecular complexity index is 369. The summed E-state index contributed by atoms with van der Waals surface area (Å²) < 4.78 is 0.753. The van der Waals surface area contributed by atoms with E-state index < -0.39 is 5.97 Å². The fourth-order valence-corrected chi connectivity index (χ4v) is 3.83. The lowest BCUT2D eigenvalue weighted by molar-refractivity contribution is -0.137. The van der Waals surface area contributed by atoms with Crippen LogP contribution in [0.15, 0.2) is 12.1 Å². The topological polar surface area (TPSA) is 37.3 Å². The quantitative estimate of drug-likeness (QED) is 0.881. The molecule has 0 saturated heterocycles. The molecule has 1 atom stereocenters. The molecule has 1 heterocycles.